The predicted molar refractivity (Wildman–Crippen MR) is 106 cm³/mol. The Hall–Kier alpha value is -1.97. The van der Waals surface area contributed by atoms with Crippen LogP contribution in [-0.4, -0.2) is 56.8 Å². The van der Waals surface area contributed by atoms with Crippen molar-refractivity contribution in [3.8, 4) is 5.75 Å². The molecule has 152 valence electrons. The summed E-state index contributed by atoms with van der Waals surface area (Å²) in [5, 5.41) is 1.63. The zero-order chi connectivity index (χ0) is 20.1. The summed E-state index contributed by atoms with van der Waals surface area (Å²) in [7, 11) is -2.06. The normalized spacial score (nSPS) is 15.4. The van der Waals surface area contributed by atoms with E-state index in [1.165, 1.54) is 39.5 Å². The number of carbonyl (C=O) groups is 1. The highest BCUT2D eigenvalue weighted by Gasteiger charge is 2.31. The molecule has 0 radical (unpaired) electrons. The van der Waals surface area contributed by atoms with Gasteiger partial charge in [0.1, 0.15) is 27.9 Å². The number of likely N-dealkylation sites (N-methyl/N-ethyl adjacent to an activating group) is 1. The molecule has 3 rings (SSSR count). The smallest absolute Gasteiger partial charge is 0.265 e. The molecule has 1 aliphatic heterocycles. The van der Waals surface area contributed by atoms with Gasteiger partial charge >= 0.3 is 0 Å². The van der Waals surface area contributed by atoms with Crippen molar-refractivity contribution in [2.24, 2.45) is 0 Å². The van der Waals surface area contributed by atoms with Crippen molar-refractivity contribution >= 4 is 27.3 Å². The van der Waals surface area contributed by atoms with E-state index in [4.69, 9.17) is 4.74 Å². The molecule has 1 amide bonds. The molecule has 0 N–H and O–H groups in total. The molecule has 1 fully saturated rings. The Kier molecular flexibility index (Phi) is 6.69. The second kappa shape index (κ2) is 9.02. The van der Waals surface area contributed by atoms with Crippen LogP contribution in [0.4, 0.5) is 4.39 Å². The van der Waals surface area contributed by atoms with Gasteiger partial charge in [0.15, 0.2) is 0 Å². The number of hydrogen-bond acceptors (Lipinski definition) is 5. The van der Waals surface area contributed by atoms with E-state index in [0.29, 0.717) is 18.8 Å². The second-order valence-electron chi connectivity index (χ2n) is 6.61. The third-order valence-corrected chi connectivity index (χ3v) is 7.58. The van der Waals surface area contributed by atoms with Crippen LogP contribution in [0, 0.1) is 5.82 Å². The van der Waals surface area contributed by atoms with Crippen molar-refractivity contribution < 1.29 is 22.3 Å². The minimum atomic E-state index is -3.67. The Balaban J connectivity index is 1.64. The van der Waals surface area contributed by atoms with Gasteiger partial charge in [-0.25, -0.2) is 12.8 Å². The molecule has 28 heavy (non-hydrogen) atoms. The van der Waals surface area contributed by atoms with Crippen LogP contribution in [0.15, 0.2) is 40.6 Å². The second-order valence-corrected chi connectivity index (χ2v) is 9.43. The Morgan fingerprint density at radius 3 is 2.54 bits per heavy atom. The first kappa shape index (κ1) is 20.8. The van der Waals surface area contributed by atoms with Gasteiger partial charge in [0.05, 0.1) is 6.54 Å². The summed E-state index contributed by atoms with van der Waals surface area (Å²) in [4.78, 5) is 14.5. The molecule has 0 bridgehead atoms. The molecule has 1 aromatic heterocycles. The highest BCUT2D eigenvalue weighted by Crippen LogP contribution is 2.28. The summed E-state index contributed by atoms with van der Waals surface area (Å²) in [6, 6.07) is 7.13. The molecule has 0 saturated carbocycles. The minimum absolute atomic E-state index is 0.0794. The first-order chi connectivity index (χ1) is 13.4. The number of hydrogen-bond donors (Lipinski definition) is 0. The van der Waals surface area contributed by atoms with Crippen LogP contribution in [0.1, 0.15) is 28.9 Å². The third kappa shape index (κ3) is 4.71. The van der Waals surface area contributed by atoms with Gasteiger partial charge in [-0.15, -0.1) is 11.3 Å². The fraction of sp³-hybridized carbons (Fsp3) is 0.421. The van der Waals surface area contributed by atoms with Gasteiger partial charge in [-0.05, 0) is 48.6 Å². The van der Waals surface area contributed by atoms with Gasteiger partial charge in [0.2, 0.25) is 10.0 Å². The number of nitrogens with zero attached hydrogens (tertiary/aromatic N) is 2. The molecule has 2 heterocycles. The van der Waals surface area contributed by atoms with Crippen LogP contribution in [0.3, 0.4) is 0 Å². The van der Waals surface area contributed by atoms with Crippen molar-refractivity contribution in [2.45, 2.75) is 24.2 Å². The van der Waals surface area contributed by atoms with E-state index in [1.807, 2.05) is 0 Å². The number of sulfonamides is 1. The van der Waals surface area contributed by atoms with Crippen LogP contribution in [0.2, 0.25) is 0 Å². The Labute approximate surface area is 168 Å². The van der Waals surface area contributed by atoms with Crippen LogP contribution >= 0.6 is 11.3 Å². The summed E-state index contributed by atoms with van der Waals surface area (Å²) in [6.45, 7) is 1.48. The third-order valence-electron chi connectivity index (χ3n) is 4.61. The molecule has 0 aliphatic carbocycles. The predicted octanol–water partition coefficient (Wildman–Crippen LogP) is 3.21. The molecule has 1 saturated heterocycles. The Bertz CT molecular complexity index is 906. The van der Waals surface area contributed by atoms with Crippen molar-refractivity contribution in [3.05, 3.63) is 46.4 Å². The molecule has 0 spiro atoms. The van der Waals surface area contributed by atoms with Crippen LogP contribution in [-0.2, 0) is 10.0 Å². The molecule has 6 nitrogen and oxygen atoms in total. The van der Waals surface area contributed by atoms with E-state index in [-0.39, 0.29) is 34.6 Å². The molecule has 2 aromatic rings. The summed E-state index contributed by atoms with van der Waals surface area (Å²) in [5.74, 6) is -0.195. The van der Waals surface area contributed by atoms with E-state index in [0.717, 1.165) is 30.6 Å². The van der Waals surface area contributed by atoms with Gasteiger partial charge in [-0.1, -0.05) is 6.42 Å². The van der Waals surface area contributed by atoms with Crippen molar-refractivity contribution in [2.75, 3.05) is 33.3 Å². The number of thiophene rings is 1. The number of piperidine rings is 1. The van der Waals surface area contributed by atoms with E-state index in [9.17, 15) is 17.6 Å². The molecule has 0 atom stereocenters. The number of carbonyl (C=O) groups excluding carboxylic acids is 1. The molecule has 1 aliphatic rings. The van der Waals surface area contributed by atoms with E-state index in [2.05, 4.69) is 0 Å². The number of amides is 1. The lowest BCUT2D eigenvalue weighted by atomic mass is 10.2. The maximum absolute atomic E-state index is 12.9. The van der Waals surface area contributed by atoms with Crippen molar-refractivity contribution in [1.82, 2.24) is 9.21 Å². The van der Waals surface area contributed by atoms with Gasteiger partial charge < -0.3 is 9.64 Å². The SMILES string of the molecule is CN(CCOc1ccc(F)cc1)C(=O)c1sccc1S(=O)(=O)N1CCCCC1. The standard InChI is InChI=1S/C19H23FN2O4S2/c1-21(12-13-26-16-7-5-15(20)6-8-16)19(23)18-17(9-14-27-18)28(24,25)22-10-3-2-4-11-22/h5-9,14H,2-4,10-13H2,1H3. The topological polar surface area (TPSA) is 66.9 Å². The largest absolute Gasteiger partial charge is 0.492 e. The van der Waals surface area contributed by atoms with E-state index < -0.39 is 10.0 Å². The summed E-state index contributed by atoms with van der Waals surface area (Å²) >= 11 is 1.13. The van der Waals surface area contributed by atoms with Gasteiger partial charge in [0, 0.05) is 20.1 Å². The Morgan fingerprint density at radius 2 is 1.86 bits per heavy atom. The lowest BCUT2D eigenvalue weighted by Crippen LogP contribution is -2.37. The average molecular weight is 427 g/mol. The number of benzene rings is 1. The van der Waals surface area contributed by atoms with Gasteiger partial charge in [-0.2, -0.15) is 4.31 Å². The number of ether oxygens (including phenoxy) is 1. The van der Waals surface area contributed by atoms with Crippen molar-refractivity contribution in [3.63, 3.8) is 0 Å². The molecular weight excluding hydrogens is 403 g/mol. The zero-order valence-corrected chi connectivity index (χ0v) is 17.3. The summed E-state index contributed by atoms with van der Waals surface area (Å²) < 4.78 is 45.7. The van der Waals surface area contributed by atoms with Gasteiger partial charge in [0.25, 0.3) is 5.91 Å². The van der Waals surface area contributed by atoms with Crippen molar-refractivity contribution in [1.29, 1.82) is 0 Å². The lowest BCUT2D eigenvalue weighted by Gasteiger charge is -2.26. The quantitative estimate of drug-likeness (QED) is 0.682. The molecule has 0 unspecified atom stereocenters. The monoisotopic (exact) mass is 426 g/mol. The number of halogens is 1. The fourth-order valence-electron chi connectivity index (χ4n) is 3.01. The highest BCUT2D eigenvalue weighted by atomic mass is 32.2. The Morgan fingerprint density at radius 1 is 1.18 bits per heavy atom. The maximum Gasteiger partial charge on any atom is 0.265 e. The highest BCUT2D eigenvalue weighted by molar-refractivity contribution is 7.89. The first-order valence-corrected chi connectivity index (χ1v) is 11.4. The van der Waals surface area contributed by atoms with Crippen LogP contribution in [0.5, 0.6) is 5.75 Å². The molecular formula is C19H23FN2O4S2. The first-order valence-electron chi connectivity index (χ1n) is 9.11. The fourth-order valence-corrected chi connectivity index (χ4v) is 5.91. The molecule has 9 heteroatoms. The van der Waals surface area contributed by atoms with Crippen LogP contribution < -0.4 is 4.74 Å². The minimum Gasteiger partial charge on any atom is -0.492 e. The molecule has 1 aromatic carbocycles. The summed E-state index contributed by atoms with van der Waals surface area (Å²) in [5.41, 5.74) is 0. The van der Waals surface area contributed by atoms with Crippen LogP contribution in [0.25, 0.3) is 0 Å². The zero-order valence-electron chi connectivity index (χ0n) is 15.6. The average Bonchev–Trinajstić information content (AvgIpc) is 3.20. The van der Waals surface area contributed by atoms with E-state index in [1.54, 1.807) is 12.4 Å². The van der Waals surface area contributed by atoms with Gasteiger partial charge in [-0.3, -0.25) is 4.79 Å². The maximum atomic E-state index is 12.9. The summed E-state index contributed by atoms with van der Waals surface area (Å²) in [6.07, 6.45) is 2.71. The lowest BCUT2D eigenvalue weighted by molar-refractivity contribution is 0.0775. The number of rotatable bonds is 7. The van der Waals surface area contributed by atoms with E-state index >= 15 is 0 Å².